The number of hydrogen-bond acceptors (Lipinski definition) is 11. The van der Waals surface area contributed by atoms with Crippen molar-refractivity contribution in [1.82, 2.24) is 5.32 Å². The quantitative estimate of drug-likeness (QED) is 0.253. The number of rotatable bonds is 3. The third kappa shape index (κ3) is 12.5. The fourth-order valence-corrected chi connectivity index (χ4v) is 7.49. The Morgan fingerprint density at radius 1 is 0.600 bits per heavy atom. The molecule has 3 aliphatic heterocycles. The third-order valence-corrected chi connectivity index (χ3v) is 10.5. The molecule has 0 aromatic heterocycles. The molecule has 8 rings (SSSR count). The average molecular weight is 868 g/mol. The zero-order valence-electron chi connectivity index (χ0n) is 31.4. The summed E-state index contributed by atoms with van der Waals surface area (Å²) in [7, 11) is 4.87. The number of fused-ring (bicyclic) bond motifs is 4. The molecule has 1 N–H and O–H groups in total. The molecular weight excluding hydrogens is 817 g/mol. The van der Waals surface area contributed by atoms with Crippen molar-refractivity contribution >= 4 is 64.6 Å². The van der Waals surface area contributed by atoms with Gasteiger partial charge in [-0.05, 0) is 100 Å². The van der Waals surface area contributed by atoms with E-state index in [1.807, 2.05) is 48.5 Å². The lowest BCUT2D eigenvalue weighted by Crippen LogP contribution is -2.39. The number of ketones is 1. The Labute approximate surface area is 343 Å². The van der Waals surface area contributed by atoms with E-state index in [9.17, 15) is 14.4 Å². The molecule has 3 heterocycles. The molecule has 2 spiro atoms. The zero-order valence-corrected chi connectivity index (χ0v) is 34.7. The molecule has 1 saturated heterocycles. The molecule has 0 atom stereocenters. The van der Waals surface area contributed by atoms with Gasteiger partial charge in [-0.1, -0.05) is 40.9 Å². The van der Waals surface area contributed by atoms with Crippen LogP contribution >= 0.6 is 40.7 Å². The summed E-state index contributed by atoms with van der Waals surface area (Å²) in [6, 6.07) is 19.0. The second-order valence-electron chi connectivity index (χ2n) is 13.2. The highest BCUT2D eigenvalue weighted by molar-refractivity contribution is 9.10. The van der Waals surface area contributed by atoms with Crippen molar-refractivity contribution in [3.8, 4) is 17.2 Å². The Balaban J connectivity index is 0.000000258. The van der Waals surface area contributed by atoms with E-state index in [0.717, 1.165) is 98.6 Å². The predicted octanol–water partition coefficient (Wildman–Crippen LogP) is 8.71. The number of carbonyl (C=O) groups is 3. The van der Waals surface area contributed by atoms with Gasteiger partial charge < -0.3 is 29.0 Å². The summed E-state index contributed by atoms with van der Waals surface area (Å²) in [6.07, 6.45) is 12.6. The minimum Gasteiger partial charge on any atom is -0.497 e. The summed E-state index contributed by atoms with van der Waals surface area (Å²) in [4.78, 5) is 50.6. The van der Waals surface area contributed by atoms with Crippen molar-refractivity contribution in [3.05, 3.63) is 87.4 Å². The number of hydrogen-bond donors (Lipinski definition) is 1. The van der Waals surface area contributed by atoms with Crippen LogP contribution in [0.4, 0.5) is 0 Å². The largest absolute Gasteiger partial charge is 0.497 e. The molecule has 55 heavy (non-hydrogen) atoms. The van der Waals surface area contributed by atoms with E-state index in [2.05, 4.69) is 21.2 Å². The van der Waals surface area contributed by atoms with Crippen LogP contribution in [-0.4, -0.2) is 58.3 Å². The Kier molecular flexibility index (Phi) is 19.9. The maximum atomic E-state index is 11.9. The van der Waals surface area contributed by atoms with Crippen molar-refractivity contribution in [2.75, 3.05) is 34.4 Å². The highest BCUT2D eigenvalue weighted by atomic mass is 79.9. The molecule has 300 valence electrons. The first-order valence-electron chi connectivity index (χ1n) is 18.0. The van der Waals surface area contributed by atoms with E-state index in [4.69, 9.17) is 33.3 Å². The smallest absolute Gasteiger partial charge is 0.373 e. The first kappa shape index (κ1) is 47.2. The number of nitrogens with one attached hydrogen (secondary N) is 1. The third-order valence-electron chi connectivity index (χ3n) is 9.98. The molecule has 2 saturated carbocycles. The Hall–Kier alpha value is -3.93. The van der Waals surface area contributed by atoms with E-state index in [-0.39, 0.29) is 48.5 Å². The summed E-state index contributed by atoms with van der Waals surface area (Å²) in [6.45, 7) is 1.78. The van der Waals surface area contributed by atoms with Gasteiger partial charge in [-0.25, -0.2) is 9.59 Å². The predicted molar refractivity (Wildman–Crippen MR) is 214 cm³/mol. The highest BCUT2D eigenvalue weighted by Gasteiger charge is 2.47. The molecule has 3 aromatic rings. The molecule has 2 aliphatic carbocycles. The first-order valence-corrected chi connectivity index (χ1v) is 18.8. The fourth-order valence-electron chi connectivity index (χ4n) is 7.22. The topological polar surface area (TPSA) is 144 Å². The standard InChI is InChI=1S/C14H16O3.C13H15NO3.C7H7BrO.C6H10O.CO2.2ClH/c1-16-10-5-6-12-11(9-10)13(15)17-14(12)7-3-2-4-8-14;1-16-9-2-3-11-10(8-9)12(15)17-13(11)4-6-14-7-5-13;1-9-7-4-2-6(8)3-5-7;7-6-4-2-1-3-5-6;2-1-3;;/h5-6,9H,2-4,7-8H2,1H3;2-3,8,14H,4-7H2,1H3;2-5H,1H3;1-5H2;;2*1H. The van der Waals surface area contributed by atoms with E-state index in [1.165, 1.54) is 12.8 Å². The van der Waals surface area contributed by atoms with Gasteiger partial charge in [0.2, 0.25) is 0 Å². The summed E-state index contributed by atoms with van der Waals surface area (Å²) >= 11 is 3.32. The minimum absolute atomic E-state index is 0. The maximum Gasteiger partial charge on any atom is 0.373 e. The van der Waals surface area contributed by atoms with Gasteiger partial charge in [-0.15, -0.1) is 24.8 Å². The SMILES string of the molecule is COc1ccc(Br)cc1.COc1ccc2c(c1)C(=O)OC21CCCCC1.COc1ccc2c(c1)C(=O)OC21CCNCC1.Cl.Cl.O=C1CCCCC1.O=C=O. The molecule has 14 heteroatoms. The second kappa shape index (κ2) is 23.2. The number of Topliss-reactive ketones (excluding diaryl/α,β-unsaturated/α-hetero) is 1. The first-order chi connectivity index (χ1) is 25.6. The molecule has 0 bridgehead atoms. The molecule has 0 unspecified atom stereocenters. The summed E-state index contributed by atoms with van der Waals surface area (Å²) < 4.78 is 27.6. The number of carbonyl (C=O) groups excluding carboxylic acids is 5. The fraction of sp³-hybridized carbons (Fsp3) is 0.463. The summed E-state index contributed by atoms with van der Waals surface area (Å²) in [5.74, 6) is 2.35. The molecule has 5 aliphatic rings. The van der Waals surface area contributed by atoms with Crippen LogP contribution in [0.15, 0.2) is 65.1 Å². The maximum absolute atomic E-state index is 11.9. The Morgan fingerprint density at radius 3 is 1.40 bits per heavy atom. The molecule has 0 radical (unpaired) electrons. The van der Waals surface area contributed by atoms with Crippen molar-refractivity contribution in [2.24, 2.45) is 0 Å². The summed E-state index contributed by atoms with van der Waals surface area (Å²) in [5.41, 5.74) is 2.69. The lowest BCUT2D eigenvalue weighted by Gasteiger charge is -2.33. The number of esters is 2. The van der Waals surface area contributed by atoms with Crippen LogP contribution in [0.25, 0.3) is 0 Å². The molecule has 11 nitrogen and oxygen atoms in total. The van der Waals surface area contributed by atoms with Crippen LogP contribution in [0.1, 0.15) is 109 Å². The lowest BCUT2D eigenvalue weighted by atomic mass is 9.79. The second-order valence-corrected chi connectivity index (χ2v) is 14.2. The highest BCUT2D eigenvalue weighted by Crippen LogP contribution is 2.47. The van der Waals surface area contributed by atoms with Gasteiger partial charge in [0.1, 0.15) is 34.2 Å². The lowest BCUT2D eigenvalue weighted by molar-refractivity contribution is -0.191. The van der Waals surface area contributed by atoms with Crippen molar-refractivity contribution in [2.45, 2.75) is 88.3 Å². The van der Waals surface area contributed by atoms with E-state index in [1.54, 1.807) is 33.5 Å². The van der Waals surface area contributed by atoms with Crippen LogP contribution < -0.4 is 19.5 Å². The van der Waals surface area contributed by atoms with Crippen molar-refractivity contribution in [3.63, 3.8) is 0 Å². The molecule has 3 aromatic carbocycles. The number of benzene rings is 3. The Morgan fingerprint density at radius 2 is 1.00 bits per heavy atom. The summed E-state index contributed by atoms with van der Waals surface area (Å²) in [5, 5.41) is 3.29. The van der Waals surface area contributed by atoms with Crippen LogP contribution in [-0.2, 0) is 35.1 Å². The van der Waals surface area contributed by atoms with Gasteiger partial charge in [0, 0.05) is 41.3 Å². The number of methoxy groups -OCH3 is 3. The normalized spacial score (nSPS) is 17.6. The van der Waals surface area contributed by atoms with Gasteiger partial charge in [0.15, 0.2) is 0 Å². The average Bonchev–Trinajstić information content (AvgIpc) is 3.61. The minimum atomic E-state index is -0.399. The van der Waals surface area contributed by atoms with Crippen molar-refractivity contribution in [1.29, 1.82) is 0 Å². The Bertz CT molecular complexity index is 1640. The zero-order chi connectivity index (χ0) is 38.3. The number of piperidine rings is 1. The monoisotopic (exact) mass is 865 g/mol. The van der Waals surface area contributed by atoms with Gasteiger partial charge in [-0.3, -0.25) is 4.79 Å². The van der Waals surface area contributed by atoms with Gasteiger partial charge in [0.05, 0.1) is 32.5 Å². The van der Waals surface area contributed by atoms with Gasteiger partial charge in [-0.2, -0.15) is 9.59 Å². The van der Waals surface area contributed by atoms with Crippen LogP contribution in [0.2, 0.25) is 0 Å². The number of ether oxygens (including phenoxy) is 5. The van der Waals surface area contributed by atoms with Crippen molar-refractivity contribution < 1.29 is 47.7 Å². The van der Waals surface area contributed by atoms with Gasteiger partial charge in [0.25, 0.3) is 0 Å². The van der Waals surface area contributed by atoms with Crippen LogP contribution in [0, 0.1) is 0 Å². The van der Waals surface area contributed by atoms with Gasteiger partial charge >= 0.3 is 18.1 Å². The molecule has 0 amide bonds. The van der Waals surface area contributed by atoms with Crippen LogP contribution in [0.3, 0.4) is 0 Å². The van der Waals surface area contributed by atoms with E-state index >= 15 is 0 Å². The molecule has 3 fully saturated rings. The van der Waals surface area contributed by atoms with E-state index in [0.29, 0.717) is 28.4 Å². The van der Waals surface area contributed by atoms with E-state index < -0.39 is 5.60 Å². The molecular formula is C41H50BrCl2NO10. The number of halogens is 3. The van der Waals surface area contributed by atoms with Crippen LogP contribution in [0.5, 0.6) is 17.2 Å².